The van der Waals surface area contributed by atoms with E-state index in [-0.39, 0.29) is 0 Å². The largest absolute Gasteiger partial charge is 0.496 e. The summed E-state index contributed by atoms with van der Waals surface area (Å²) in [5.41, 5.74) is 1.06. The van der Waals surface area contributed by atoms with Crippen molar-refractivity contribution in [2.45, 2.75) is 0 Å². The summed E-state index contributed by atoms with van der Waals surface area (Å²) in [7, 11) is 1.58. The summed E-state index contributed by atoms with van der Waals surface area (Å²) in [6.07, 6.45) is 1.55. The molecule has 0 aliphatic rings. The van der Waals surface area contributed by atoms with E-state index in [0.717, 1.165) is 9.86 Å². The molecule has 0 aliphatic carbocycles. The van der Waals surface area contributed by atoms with Crippen LogP contribution < -0.4 is 4.74 Å². The second-order valence-electron chi connectivity index (χ2n) is 2.71. The van der Waals surface area contributed by atoms with Crippen molar-refractivity contribution in [2.24, 2.45) is 0 Å². The van der Waals surface area contributed by atoms with Gasteiger partial charge in [0.05, 0.1) is 22.5 Å². The molecule has 0 bridgehead atoms. The highest BCUT2D eigenvalue weighted by atomic mass is 79.9. The maximum absolute atomic E-state index is 8.84. The van der Waals surface area contributed by atoms with Crippen LogP contribution in [0.15, 0.2) is 27.3 Å². The fraction of sp³-hybridized carbons (Fsp3) is 0.100. The van der Waals surface area contributed by atoms with Crippen LogP contribution in [0, 0.1) is 11.3 Å². The summed E-state index contributed by atoms with van der Waals surface area (Å²) in [6, 6.07) is 5.49. The van der Waals surface area contributed by atoms with Crippen LogP contribution in [-0.2, 0) is 0 Å². The van der Waals surface area contributed by atoms with Gasteiger partial charge in [0, 0.05) is 0 Å². The number of rotatable bonds is 1. The van der Waals surface area contributed by atoms with Gasteiger partial charge in [0.1, 0.15) is 18.1 Å². The quantitative estimate of drug-likeness (QED) is 0.783. The molecule has 4 heteroatoms. The standard InChI is InChI=1S/C10H6BrNO2/c1-13-8-3-2-6(4-12)10-9(8)7(11)5-14-10/h2-3,5H,1H3. The van der Waals surface area contributed by atoms with Gasteiger partial charge in [-0.1, -0.05) is 0 Å². The molecule has 0 radical (unpaired) electrons. The molecule has 0 spiro atoms. The number of hydrogen-bond donors (Lipinski definition) is 0. The van der Waals surface area contributed by atoms with E-state index in [9.17, 15) is 0 Å². The fourth-order valence-corrected chi connectivity index (χ4v) is 1.81. The van der Waals surface area contributed by atoms with Gasteiger partial charge in [0.15, 0.2) is 5.58 Å². The van der Waals surface area contributed by atoms with E-state index < -0.39 is 0 Å². The lowest BCUT2D eigenvalue weighted by atomic mass is 10.1. The predicted molar refractivity (Wildman–Crippen MR) is 55.2 cm³/mol. The molecule has 1 heterocycles. The summed E-state index contributed by atoms with van der Waals surface area (Å²) in [4.78, 5) is 0. The Balaban J connectivity index is 2.89. The second kappa shape index (κ2) is 3.35. The summed E-state index contributed by atoms with van der Waals surface area (Å²) in [5, 5.41) is 9.64. The van der Waals surface area contributed by atoms with Gasteiger partial charge in [-0.3, -0.25) is 0 Å². The number of nitriles is 1. The Hall–Kier alpha value is -1.47. The van der Waals surface area contributed by atoms with E-state index in [2.05, 4.69) is 22.0 Å². The van der Waals surface area contributed by atoms with E-state index >= 15 is 0 Å². The normalized spacial score (nSPS) is 10.1. The van der Waals surface area contributed by atoms with Crippen LogP contribution in [0.2, 0.25) is 0 Å². The van der Waals surface area contributed by atoms with Crippen molar-refractivity contribution in [3.63, 3.8) is 0 Å². The number of halogens is 1. The van der Waals surface area contributed by atoms with Crippen molar-refractivity contribution < 1.29 is 9.15 Å². The molecule has 0 amide bonds. The van der Waals surface area contributed by atoms with E-state index in [4.69, 9.17) is 14.4 Å². The Morgan fingerprint density at radius 3 is 2.93 bits per heavy atom. The first-order valence-electron chi connectivity index (χ1n) is 3.91. The third kappa shape index (κ3) is 1.17. The number of ether oxygens (including phenoxy) is 1. The Kier molecular flexibility index (Phi) is 2.18. The molecule has 1 aromatic carbocycles. The molecule has 2 aromatic rings. The summed E-state index contributed by atoms with van der Waals surface area (Å²) < 4.78 is 11.2. The van der Waals surface area contributed by atoms with Gasteiger partial charge in [-0.2, -0.15) is 5.26 Å². The lowest BCUT2D eigenvalue weighted by molar-refractivity contribution is 0.419. The number of nitrogens with zero attached hydrogens (tertiary/aromatic N) is 1. The zero-order chi connectivity index (χ0) is 10.1. The number of hydrogen-bond acceptors (Lipinski definition) is 3. The van der Waals surface area contributed by atoms with Crippen LogP contribution >= 0.6 is 15.9 Å². The molecule has 0 saturated carbocycles. The van der Waals surface area contributed by atoms with E-state index in [1.54, 1.807) is 25.5 Å². The van der Waals surface area contributed by atoms with Crippen molar-refractivity contribution >= 4 is 26.9 Å². The average molecular weight is 252 g/mol. The van der Waals surface area contributed by atoms with E-state index in [1.807, 2.05) is 0 Å². The molecule has 0 N–H and O–H groups in total. The maximum atomic E-state index is 8.84. The van der Waals surface area contributed by atoms with Gasteiger partial charge in [0.25, 0.3) is 0 Å². The number of benzene rings is 1. The van der Waals surface area contributed by atoms with Crippen molar-refractivity contribution in [2.75, 3.05) is 7.11 Å². The van der Waals surface area contributed by atoms with Crippen LogP contribution in [0.4, 0.5) is 0 Å². The first kappa shape index (κ1) is 9.10. The Bertz CT molecular complexity index is 525. The van der Waals surface area contributed by atoms with Gasteiger partial charge in [-0.15, -0.1) is 0 Å². The fourth-order valence-electron chi connectivity index (χ4n) is 1.34. The van der Waals surface area contributed by atoms with E-state index in [1.165, 1.54) is 0 Å². The first-order chi connectivity index (χ1) is 6.77. The lowest BCUT2D eigenvalue weighted by Gasteiger charge is -2.01. The smallest absolute Gasteiger partial charge is 0.156 e. The Labute approximate surface area is 89.0 Å². The summed E-state index contributed by atoms with van der Waals surface area (Å²) in [5.74, 6) is 0.694. The zero-order valence-corrected chi connectivity index (χ0v) is 8.96. The highest BCUT2D eigenvalue weighted by molar-refractivity contribution is 9.10. The third-order valence-electron chi connectivity index (χ3n) is 1.98. The minimum absolute atomic E-state index is 0.506. The number of methoxy groups -OCH3 is 1. The maximum Gasteiger partial charge on any atom is 0.156 e. The highest BCUT2D eigenvalue weighted by Gasteiger charge is 2.12. The van der Waals surface area contributed by atoms with Gasteiger partial charge >= 0.3 is 0 Å². The molecule has 70 valence electrons. The Morgan fingerprint density at radius 1 is 1.50 bits per heavy atom. The highest BCUT2D eigenvalue weighted by Crippen LogP contribution is 2.35. The molecular formula is C10H6BrNO2. The minimum Gasteiger partial charge on any atom is -0.496 e. The summed E-state index contributed by atoms with van der Waals surface area (Å²) in [6.45, 7) is 0. The van der Waals surface area contributed by atoms with Gasteiger partial charge < -0.3 is 9.15 Å². The van der Waals surface area contributed by atoms with Crippen LogP contribution in [-0.4, -0.2) is 7.11 Å². The van der Waals surface area contributed by atoms with Crippen LogP contribution in [0.1, 0.15) is 5.56 Å². The van der Waals surface area contributed by atoms with Crippen molar-refractivity contribution in [1.82, 2.24) is 0 Å². The van der Waals surface area contributed by atoms with Gasteiger partial charge in [0.2, 0.25) is 0 Å². The van der Waals surface area contributed by atoms with Crippen molar-refractivity contribution in [3.8, 4) is 11.8 Å². The Morgan fingerprint density at radius 2 is 2.29 bits per heavy atom. The molecule has 1 aromatic heterocycles. The van der Waals surface area contributed by atoms with Crippen molar-refractivity contribution in [1.29, 1.82) is 5.26 Å². The average Bonchev–Trinajstić information content (AvgIpc) is 2.60. The minimum atomic E-state index is 0.506. The first-order valence-corrected chi connectivity index (χ1v) is 4.71. The van der Waals surface area contributed by atoms with Crippen molar-refractivity contribution in [3.05, 3.63) is 28.4 Å². The molecule has 0 aliphatic heterocycles. The number of furan rings is 1. The second-order valence-corrected chi connectivity index (χ2v) is 3.57. The molecule has 0 unspecified atom stereocenters. The molecule has 0 atom stereocenters. The van der Waals surface area contributed by atoms with Gasteiger partial charge in [-0.05, 0) is 28.1 Å². The zero-order valence-electron chi connectivity index (χ0n) is 7.37. The number of fused-ring (bicyclic) bond motifs is 1. The lowest BCUT2D eigenvalue weighted by Crippen LogP contribution is -1.85. The van der Waals surface area contributed by atoms with E-state index in [0.29, 0.717) is 16.9 Å². The van der Waals surface area contributed by atoms with Crippen LogP contribution in [0.5, 0.6) is 5.75 Å². The van der Waals surface area contributed by atoms with Crippen LogP contribution in [0.25, 0.3) is 11.0 Å². The molecular weight excluding hydrogens is 246 g/mol. The SMILES string of the molecule is COc1ccc(C#N)c2occ(Br)c12. The van der Waals surface area contributed by atoms with Crippen LogP contribution in [0.3, 0.4) is 0 Å². The topological polar surface area (TPSA) is 46.2 Å². The monoisotopic (exact) mass is 251 g/mol. The molecule has 0 saturated heterocycles. The molecule has 0 fully saturated rings. The predicted octanol–water partition coefficient (Wildman–Crippen LogP) is 3.08. The molecule has 3 nitrogen and oxygen atoms in total. The molecule has 2 rings (SSSR count). The van der Waals surface area contributed by atoms with Gasteiger partial charge in [-0.25, -0.2) is 0 Å². The third-order valence-corrected chi connectivity index (χ3v) is 2.56. The molecule has 14 heavy (non-hydrogen) atoms. The summed E-state index contributed by atoms with van der Waals surface area (Å²) >= 11 is 3.34.